The summed E-state index contributed by atoms with van der Waals surface area (Å²) in [6.07, 6.45) is 1.13. The van der Waals surface area contributed by atoms with Crippen molar-refractivity contribution in [3.05, 3.63) is 60.4 Å². The van der Waals surface area contributed by atoms with Gasteiger partial charge in [-0.05, 0) is 49.2 Å². The van der Waals surface area contributed by atoms with E-state index in [1.807, 2.05) is 35.2 Å². The van der Waals surface area contributed by atoms with Crippen molar-refractivity contribution in [1.82, 2.24) is 9.80 Å². The molecule has 184 valence electrons. The number of anilines is 1. The lowest BCUT2D eigenvalue weighted by molar-refractivity contribution is -0.132. The number of rotatable bonds is 6. The number of carbonyl (C=O) groups is 1. The van der Waals surface area contributed by atoms with Crippen molar-refractivity contribution < 1.29 is 24.1 Å². The van der Waals surface area contributed by atoms with Gasteiger partial charge in [-0.1, -0.05) is 18.2 Å². The Bertz CT molecular complexity index is 950. The van der Waals surface area contributed by atoms with Gasteiger partial charge in [0.05, 0.1) is 12.1 Å². The highest BCUT2D eigenvalue weighted by atomic mass is 19.1. The molecule has 2 aromatic rings. The number of hydrogen-bond acceptors (Lipinski definition) is 6. The first-order valence-corrected chi connectivity index (χ1v) is 11.8. The number of ether oxygens (including phenoxy) is 1. The van der Waals surface area contributed by atoms with Gasteiger partial charge in [-0.25, -0.2) is 4.39 Å². The van der Waals surface area contributed by atoms with Crippen molar-refractivity contribution in [2.24, 2.45) is 0 Å². The van der Waals surface area contributed by atoms with E-state index in [0.717, 1.165) is 5.69 Å². The van der Waals surface area contributed by atoms with Crippen molar-refractivity contribution >= 4 is 11.6 Å². The van der Waals surface area contributed by atoms with E-state index in [4.69, 9.17) is 4.74 Å². The molecule has 2 heterocycles. The fraction of sp³-hybridized carbons (Fsp3) is 0.500. The van der Waals surface area contributed by atoms with Crippen LogP contribution in [0.5, 0.6) is 5.75 Å². The van der Waals surface area contributed by atoms with Crippen LogP contribution >= 0.6 is 0 Å². The summed E-state index contributed by atoms with van der Waals surface area (Å²) in [6.45, 7) is 4.83. The van der Waals surface area contributed by atoms with Gasteiger partial charge in [0.25, 0.3) is 0 Å². The molecular formula is C26H34FN3O4. The van der Waals surface area contributed by atoms with Gasteiger partial charge < -0.3 is 24.7 Å². The van der Waals surface area contributed by atoms with Gasteiger partial charge in [-0.3, -0.25) is 9.69 Å². The van der Waals surface area contributed by atoms with Crippen LogP contribution in [-0.2, 0) is 4.79 Å². The minimum atomic E-state index is -1.26. The van der Waals surface area contributed by atoms with Crippen LogP contribution in [0.1, 0.15) is 19.8 Å². The minimum absolute atomic E-state index is 0.0497. The van der Waals surface area contributed by atoms with Gasteiger partial charge in [0, 0.05) is 51.9 Å². The molecule has 2 saturated heterocycles. The number of carbonyl (C=O) groups excluding carboxylic acids is 1. The first-order valence-electron chi connectivity index (χ1n) is 11.8. The van der Waals surface area contributed by atoms with Gasteiger partial charge >= 0.3 is 0 Å². The molecule has 1 atom stereocenters. The Hall–Kier alpha value is -2.68. The van der Waals surface area contributed by atoms with Gasteiger partial charge in [0.2, 0.25) is 5.91 Å². The van der Waals surface area contributed by atoms with Crippen LogP contribution < -0.4 is 9.64 Å². The van der Waals surface area contributed by atoms with Crippen molar-refractivity contribution in [1.29, 1.82) is 0 Å². The summed E-state index contributed by atoms with van der Waals surface area (Å²) >= 11 is 0. The third-order valence-corrected chi connectivity index (χ3v) is 6.79. The second-order valence-electron chi connectivity index (χ2n) is 9.67. The minimum Gasteiger partial charge on any atom is -0.490 e. The van der Waals surface area contributed by atoms with E-state index in [2.05, 4.69) is 4.90 Å². The molecule has 0 aromatic heterocycles. The number of aliphatic hydroxyl groups is 2. The molecule has 4 rings (SSSR count). The fourth-order valence-electron chi connectivity index (χ4n) is 4.88. The number of amides is 1. The van der Waals surface area contributed by atoms with E-state index in [1.54, 1.807) is 17.0 Å². The quantitative estimate of drug-likeness (QED) is 0.672. The zero-order chi connectivity index (χ0) is 24.2. The smallest absolute Gasteiger partial charge is 0.219 e. The monoisotopic (exact) mass is 471 g/mol. The van der Waals surface area contributed by atoms with Gasteiger partial charge in [0.1, 0.15) is 23.8 Å². The molecule has 0 aliphatic carbocycles. The second-order valence-corrected chi connectivity index (χ2v) is 9.67. The molecule has 0 saturated carbocycles. The molecule has 0 bridgehead atoms. The van der Waals surface area contributed by atoms with Gasteiger partial charge in [-0.2, -0.15) is 0 Å². The van der Waals surface area contributed by atoms with Crippen LogP contribution in [-0.4, -0.2) is 89.5 Å². The Kier molecular flexibility index (Phi) is 7.40. The molecule has 2 aliphatic heterocycles. The molecule has 2 aromatic carbocycles. The molecule has 2 N–H and O–H groups in total. The normalized spacial score (nSPS) is 23.4. The van der Waals surface area contributed by atoms with E-state index in [1.165, 1.54) is 19.1 Å². The van der Waals surface area contributed by atoms with Crippen molar-refractivity contribution in [2.75, 3.05) is 57.3 Å². The number of halogens is 1. The molecule has 0 spiro atoms. The predicted octanol–water partition coefficient (Wildman–Crippen LogP) is 2.13. The van der Waals surface area contributed by atoms with E-state index < -0.39 is 11.2 Å². The van der Waals surface area contributed by atoms with E-state index >= 15 is 0 Å². The third kappa shape index (κ3) is 6.25. The van der Waals surface area contributed by atoms with Gasteiger partial charge in [0.15, 0.2) is 0 Å². The maximum Gasteiger partial charge on any atom is 0.219 e. The molecule has 0 radical (unpaired) electrons. The molecule has 7 nitrogen and oxygen atoms in total. The average molecular weight is 472 g/mol. The number of benzene rings is 2. The summed E-state index contributed by atoms with van der Waals surface area (Å²) < 4.78 is 19.1. The number of nitrogens with zero attached hydrogens (tertiary/aromatic N) is 3. The molecule has 1 amide bonds. The summed E-state index contributed by atoms with van der Waals surface area (Å²) in [7, 11) is 0. The Labute approximate surface area is 200 Å². The van der Waals surface area contributed by atoms with Gasteiger partial charge in [-0.15, -0.1) is 0 Å². The van der Waals surface area contributed by atoms with Crippen LogP contribution in [0.2, 0.25) is 0 Å². The zero-order valence-electron chi connectivity index (χ0n) is 19.7. The number of para-hydroxylation sites is 1. The highest BCUT2D eigenvalue weighted by Crippen LogP contribution is 2.28. The summed E-state index contributed by atoms with van der Waals surface area (Å²) in [5.74, 6) is 0.306. The highest BCUT2D eigenvalue weighted by molar-refractivity contribution is 5.73. The number of piperidine rings is 1. The summed E-state index contributed by atoms with van der Waals surface area (Å²) in [4.78, 5) is 18.0. The van der Waals surface area contributed by atoms with E-state index in [-0.39, 0.29) is 24.9 Å². The molecule has 8 heteroatoms. The standard InChI is InChI=1S/C26H34FN3O4/c1-21(31)30-16-15-28(18-26(33,19-30)20-34-24-5-3-2-4-6-24)17-25(32)11-13-29(14-12-25)23-9-7-22(27)8-10-23/h2-10,32-33H,11-20H2,1H3. The maximum atomic E-state index is 13.2. The summed E-state index contributed by atoms with van der Waals surface area (Å²) in [5.41, 5.74) is -1.21. The fourth-order valence-corrected chi connectivity index (χ4v) is 4.88. The SMILES string of the molecule is CC(=O)N1CCN(CC2(O)CCN(c3ccc(F)cc3)CC2)CC(O)(COc2ccccc2)C1. The first kappa shape index (κ1) is 24.4. The first-order chi connectivity index (χ1) is 16.2. The average Bonchev–Trinajstić information content (AvgIpc) is 2.98. The lowest BCUT2D eigenvalue weighted by atomic mass is 9.90. The molecular weight excluding hydrogens is 437 g/mol. The molecule has 2 aliphatic rings. The highest BCUT2D eigenvalue weighted by Gasteiger charge is 2.40. The van der Waals surface area contributed by atoms with Crippen LogP contribution in [0.3, 0.4) is 0 Å². The van der Waals surface area contributed by atoms with E-state index in [9.17, 15) is 19.4 Å². The van der Waals surface area contributed by atoms with Crippen LogP contribution in [0.25, 0.3) is 0 Å². The Morgan fingerprint density at radius 1 is 0.941 bits per heavy atom. The summed E-state index contributed by atoms with van der Waals surface area (Å²) in [5, 5.41) is 22.8. The molecule has 34 heavy (non-hydrogen) atoms. The Balaban J connectivity index is 1.40. The maximum absolute atomic E-state index is 13.2. The lowest BCUT2D eigenvalue weighted by Gasteiger charge is -2.42. The molecule has 2 fully saturated rings. The third-order valence-electron chi connectivity index (χ3n) is 6.79. The van der Waals surface area contributed by atoms with Crippen molar-refractivity contribution in [2.45, 2.75) is 31.0 Å². The number of hydrogen-bond donors (Lipinski definition) is 2. The Morgan fingerprint density at radius 3 is 2.26 bits per heavy atom. The Morgan fingerprint density at radius 2 is 1.62 bits per heavy atom. The summed E-state index contributed by atoms with van der Waals surface area (Å²) in [6, 6.07) is 15.7. The van der Waals surface area contributed by atoms with E-state index in [0.29, 0.717) is 57.9 Å². The number of β-amino-alcohol motifs (C(OH)–C–C–N with tert-alkyl or cyclic N) is 2. The van der Waals surface area contributed by atoms with Crippen LogP contribution in [0, 0.1) is 5.82 Å². The lowest BCUT2D eigenvalue weighted by Crippen LogP contribution is -2.55. The topological polar surface area (TPSA) is 76.5 Å². The zero-order valence-corrected chi connectivity index (χ0v) is 19.7. The molecule has 1 unspecified atom stereocenters. The van der Waals surface area contributed by atoms with Crippen LogP contribution in [0.4, 0.5) is 10.1 Å². The second kappa shape index (κ2) is 10.3. The van der Waals surface area contributed by atoms with Crippen molar-refractivity contribution in [3.8, 4) is 5.75 Å². The largest absolute Gasteiger partial charge is 0.490 e. The predicted molar refractivity (Wildman–Crippen MR) is 128 cm³/mol. The van der Waals surface area contributed by atoms with Crippen LogP contribution in [0.15, 0.2) is 54.6 Å². The van der Waals surface area contributed by atoms with Crippen molar-refractivity contribution in [3.63, 3.8) is 0 Å².